The average molecular weight is 414 g/mol. The van der Waals surface area contributed by atoms with Gasteiger partial charge in [-0.2, -0.15) is 0 Å². The normalized spacial score (nSPS) is 10.7. The van der Waals surface area contributed by atoms with Crippen LogP contribution in [0.25, 0.3) is 10.9 Å². The number of benzene rings is 1. The van der Waals surface area contributed by atoms with Crippen molar-refractivity contribution in [3.05, 3.63) is 47.5 Å². The van der Waals surface area contributed by atoms with Gasteiger partial charge in [0.25, 0.3) is 5.91 Å². The summed E-state index contributed by atoms with van der Waals surface area (Å²) in [5, 5.41) is 3.96. The molecule has 9 nitrogen and oxygen atoms in total. The van der Waals surface area contributed by atoms with E-state index in [4.69, 9.17) is 14.9 Å². The zero-order valence-electron chi connectivity index (χ0n) is 15.7. The summed E-state index contributed by atoms with van der Waals surface area (Å²) in [4.78, 5) is 44.7. The number of nitrogens with one attached hydrogen (secondary N) is 1. The fraction of sp³-hybridized carbons (Fsp3) is 0.211. The number of rotatable bonds is 7. The van der Waals surface area contributed by atoms with Gasteiger partial charge in [-0.05, 0) is 19.9 Å². The lowest BCUT2D eigenvalue weighted by molar-refractivity contribution is -0.113. The van der Waals surface area contributed by atoms with Crippen LogP contribution in [0, 0.1) is 6.92 Å². The number of para-hydroxylation sites is 1. The third-order valence-corrected chi connectivity index (χ3v) is 4.91. The minimum atomic E-state index is -0.908. The molecule has 0 saturated heterocycles. The van der Waals surface area contributed by atoms with Crippen molar-refractivity contribution in [1.29, 1.82) is 0 Å². The molecule has 29 heavy (non-hydrogen) atoms. The van der Waals surface area contributed by atoms with Gasteiger partial charge in [0, 0.05) is 5.39 Å². The van der Waals surface area contributed by atoms with Crippen LogP contribution in [0.4, 0.5) is 5.88 Å². The van der Waals surface area contributed by atoms with Gasteiger partial charge >= 0.3 is 5.97 Å². The summed E-state index contributed by atoms with van der Waals surface area (Å²) in [7, 11) is 0. The van der Waals surface area contributed by atoms with E-state index in [-0.39, 0.29) is 35.1 Å². The average Bonchev–Trinajstić information content (AvgIpc) is 3.02. The molecule has 2 aromatic heterocycles. The molecule has 0 aliphatic carbocycles. The second-order valence-corrected chi connectivity index (χ2v) is 6.82. The SMILES string of the molecule is CCOC(=O)c1c(C)oc(NC(=O)CSc2ncnc3ccccc23)c1C(N)=O. The van der Waals surface area contributed by atoms with E-state index in [0.717, 1.165) is 10.9 Å². The van der Waals surface area contributed by atoms with Crippen molar-refractivity contribution >= 4 is 46.3 Å². The van der Waals surface area contributed by atoms with Crippen LogP contribution >= 0.6 is 11.8 Å². The Morgan fingerprint density at radius 3 is 2.69 bits per heavy atom. The summed E-state index contributed by atoms with van der Waals surface area (Å²) >= 11 is 1.20. The van der Waals surface area contributed by atoms with Crippen molar-refractivity contribution in [2.75, 3.05) is 17.7 Å². The fourth-order valence-electron chi connectivity index (χ4n) is 2.71. The molecule has 0 saturated carbocycles. The van der Waals surface area contributed by atoms with Gasteiger partial charge in [-0.1, -0.05) is 30.0 Å². The number of anilines is 1. The highest BCUT2D eigenvalue weighted by atomic mass is 32.2. The van der Waals surface area contributed by atoms with Crippen LogP contribution in [0.2, 0.25) is 0 Å². The van der Waals surface area contributed by atoms with Crippen LogP contribution in [-0.2, 0) is 9.53 Å². The monoisotopic (exact) mass is 414 g/mol. The van der Waals surface area contributed by atoms with E-state index in [1.54, 1.807) is 6.92 Å². The molecule has 1 aromatic carbocycles. The molecule has 0 radical (unpaired) electrons. The number of aromatic nitrogens is 2. The highest BCUT2D eigenvalue weighted by Crippen LogP contribution is 2.29. The first-order chi connectivity index (χ1) is 13.9. The molecule has 0 unspecified atom stereocenters. The second-order valence-electron chi connectivity index (χ2n) is 5.85. The first-order valence-electron chi connectivity index (χ1n) is 8.65. The number of hydrogen-bond donors (Lipinski definition) is 2. The van der Waals surface area contributed by atoms with E-state index in [1.165, 1.54) is 25.0 Å². The summed E-state index contributed by atoms with van der Waals surface area (Å²) in [5.41, 5.74) is 5.84. The van der Waals surface area contributed by atoms with Gasteiger partial charge in [0.1, 0.15) is 28.2 Å². The number of nitrogens with zero attached hydrogens (tertiary/aromatic N) is 2. The molecule has 0 atom stereocenters. The highest BCUT2D eigenvalue weighted by Gasteiger charge is 2.29. The zero-order valence-corrected chi connectivity index (χ0v) is 16.5. The lowest BCUT2D eigenvalue weighted by Gasteiger charge is -2.06. The van der Waals surface area contributed by atoms with Crippen LogP contribution in [0.3, 0.4) is 0 Å². The summed E-state index contributed by atoms with van der Waals surface area (Å²) in [6.45, 7) is 3.23. The lowest BCUT2D eigenvalue weighted by atomic mass is 10.1. The maximum absolute atomic E-state index is 12.4. The van der Waals surface area contributed by atoms with Gasteiger partial charge < -0.3 is 14.9 Å². The lowest BCUT2D eigenvalue weighted by Crippen LogP contribution is -2.21. The molecule has 2 heterocycles. The van der Waals surface area contributed by atoms with Gasteiger partial charge in [-0.25, -0.2) is 14.8 Å². The van der Waals surface area contributed by atoms with Crippen LogP contribution in [0.15, 0.2) is 40.0 Å². The molecule has 10 heteroatoms. The molecule has 2 amide bonds. The number of carbonyl (C=O) groups is 3. The number of furan rings is 1. The third kappa shape index (κ3) is 4.37. The van der Waals surface area contributed by atoms with Crippen molar-refractivity contribution < 1.29 is 23.5 Å². The largest absolute Gasteiger partial charge is 0.462 e. The number of esters is 1. The standard InChI is InChI=1S/C19H18N4O5S/c1-3-27-19(26)14-10(2)28-17(15(14)16(20)25)23-13(24)8-29-18-11-6-4-5-7-12(11)21-9-22-18/h4-7,9H,3,8H2,1-2H3,(H2,20,25)(H,23,24). The predicted octanol–water partition coefficient (Wildman–Crippen LogP) is 2.54. The maximum Gasteiger partial charge on any atom is 0.342 e. The van der Waals surface area contributed by atoms with Crippen molar-refractivity contribution in [3.63, 3.8) is 0 Å². The molecule has 0 bridgehead atoms. The van der Waals surface area contributed by atoms with Gasteiger partial charge in [-0.15, -0.1) is 0 Å². The highest BCUT2D eigenvalue weighted by molar-refractivity contribution is 8.00. The van der Waals surface area contributed by atoms with E-state index in [0.29, 0.717) is 5.03 Å². The Morgan fingerprint density at radius 2 is 1.97 bits per heavy atom. The third-order valence-electron chi connectivity index (χ3n) is 3.91. The molecular formula is C19H18N4O5S. The predicted molar refractivity (Wildman–Crippen MR) is 107 cm³/mol. The van der Waals surface area contributed by atoms with Gasteiger partial charge in [0.15, 0.2) is 0 Å². The first-order valence-corrected chi connectivity index (χ1v) is 9.63. The number of hydrogen-bond acceptors (Lipinski definition) is 8. The minimum absolute atomic E-state index is 0.00625. The van der Waals surface area contributed by atoms with Crippen molar-refractivity contribution in [2.24, 2.45) is 5.73 Å². The van der Waals surface area contributed by atoms with E-state index in [2.05, 4.69) is 15.3 Å². The van der Waals surface area contributed by atoms with E-state index in [9.17, 15) is 14.4 Å². The zero-order chi connectivity index (χ0) is 21.0. The van der Waals surface area contributed by atoms with E-state index in [1.807, 2.05) is 24.3 Å². The number of aryl methyl sites for hydroxylation is 1. The number of fused-ring (bicyclic) bond motifs is 1. The molecule has 3 N–H and O–H groups in total. The topological polar surface area (TPSA) is 137 Å². The molecular weight excluding hydrogens is 396 g/mol. The van der Waals surface area contributed by atoms with Crippen LogP contribution in [0.1, 0.15) is 33.4 Å². The number of ether oxygens (including phenoxy) is 1. The van der Waals surface area contributed by atoms with Crippen LogP contribution < -0.4 is 11.1 Å². The Bertz CT molecular complexity index is 1090. The van der Waals surface area contributed by atoms with E-state index >= 15 is 0 Å². The maximum atomic E-state index is 12.4. The summed E-state index contributed by atoms with van der Waals surface area (Å²) in [6.07, 6.45) is 1.43. The second kappa shape index (κ2) is 8.74. The number of primary amides is 1. The Kier molecular flexibility index (Phi) is 6.13. The van der Waals surface area contributed by atoms with Crippen LogP contribution in [0.5, 0.6) is 0 Å². The first kappa shape index (κ1) is 20.3. The number of nitrogens with two attached hydrogens (primary N) is 1. The van der Waals surface area contributed by atoms with Gasteiger partial charge in [0.2, 0.25) is 11.8 Å². The molecule has 0 fully saturated rings. The Morgan fingerprint density at radius 1 is 1.21 bits per heavy atom. The fourth-order valence-corrected chi connectivity index (χ4v) is 3.50. The molecule has 0 aliphatic heterocycles. The molecule has 150 valence electrons. The Balaban J connectivity index is 1.78. The van der Waals surface area contributed by atoms with Crippen LogP contribution in [-0.4, -0.2) is 40.1 Å². The molecule has 0 aliphatic rings. The summed E-state index contributed by atoms with van der Waals surface area (Å²) in [6, 6.07) is 7.44. The van der Waals surface area contributed by atoms with Gasteiger partial charge in [-0.3, -0.25) is 14.9 Å². The number of thioether (sulfide) groups is 1. The smallest absolute Gasteiger partial charge is 0.342 e. The summed E-state index contributed by atoms with van der Waals surface area (Å²) < 4.78 is 10.3. The molecule has 3 rings (SSSR count). The quantitative estimate of drug-likeness (QED) is 0.342. The van der Waals surface area contributed by atoms with Crippen molar-refractivity contribution in [1.82, 2.24) is 9.97 Å². The Hall–Kier alpha value is -3.40. The molecule has 3 aromatic rings. The van der Waals surface area contributed by atoms with Crippen molar-refractivity contribution in [3.8, 4) is 0 Å². The van der Waals surface area contributed by atoms with Crippen molar-refractivity contribution in [2.45, 2.75) is 18.9 Å². The van der Waals surface area contributed by atoms with Gasteiger partial charge in [0.05, 0.1) is 17.9 Å². The van der Waals surface area contributed by atoms with E-state index < -0.39 is 17.8 Å². The minimum Gasteiger partial charge on any atom is -0.462 e. The summed E-state index contributed by atoms with van der Waals surface area (Å²) in [5.74, 6) is -2.17. The number of carbonyl (C=O) groups excluding carboxylic acids is 3. The Labute approximate surface area is 170 Å². The number of amides is 2. The molecule has 0 spiro atoms.